The highest BCUT2D eigenvalue weighted by molar-refractivity contribution is 5.46. The standard InChI is InChI=1S/C22H24/c1-3-11-18-12-10-17-21(18)22(2,19-13-6-4-7-14-19)20-15-8-5-9-16-20/h4-10,12-17,21H,3,11H2,1-2H3. The Balaban J connectivity index is 2.12. The second-order valence-electron chi connectivity index (χ2n) is 6.29. The maximum absolute atomic E-state index is 2.39. The minimum atomic E-state index is -0.0173. The van der Waals surface area contributed by atoms with Gasteiger partial charge in [0.1, 0.15) is 0 Å². The molecule has 0 bridgehead atoms. The lowest BCUT2D eigenvalue weighted by molar-refractivity contribution is 0.458. The molecule has 0 heteroatoms. The van der Waals surface area contributed by atoms with E-state index in [0.717, 1.165) is 0 Å². The zero-order valence-corrected chi connectivity index (χ0v) is 13.5. The Morgan fingerprint density at radius 1 is 0.864 bits per heavy atom. The number of allylic oxidation sites excluding steroid dienone is 4. The van der Waals surface area contributed by atoms with E-state index >= 15 is 0 Å². The van der Waals surface area contributed by atoms with Crippen LogP contribution in [0, 0.1) is 5.92 Å². The first-order valence-corrected chi connectivity index (χ1v) is 8.25. The first-order chi connectivity index (χ1) is 10.8. The van der Waals surface area contributed by atoms with Crippen LogP contribution in [0.2, 0.25) is 0 Å². The fourth-order valence-electron chi connectivity index (χ4n) is 3.70. The summed E-state index contributed by atoms with van der Waals surface area (Å²) in [6.07, 6.45) is 9.31. The van der Waals surface area contributed by atoms with Crippen LogP contribution in [-0.2, 0) is 5.41 Å². The Labute approximate surface area is 134 Å². The van der Waals surface area contributed by atoms with E-state index in [4.69, 9.17) is 0 Å². The molecule has 0 nitrogen and oxygen atoms in total. The predicted octanol–water partition coefficient (Wildman–Crippen LogP) is 5.91. The van der Waals surface area contributed by atoms with Gasteiger partial charge in [-0.3, -0.25) is 0 Å². The summed E-state index contributed by atoms with van der Waals surface area (Å²) >= 11 is 0. The molecule has 112 valence electrons. The molecule has 3 rings (SSSR count). The average molecular weight is 288 g/mol. The Morgan fingerprint density at radius 3 is 1.91 bits per heavy atom. The number of hydrogen-bond acceptors (Lipinski definition) is 0. The van der Waals surface area contributed by atoms with Gasteiger partial charge in [0.05, 0.1) is 0 Å². The van der Waals surface area contributed by atoms with Crippen LogP contribution in [0.5, 0.6) is 0 Å². The van der Waals surface area contributed by atoms with Gasteiger partial charge >= 0.3 is 0 Å². The van der Waals surface area contributed by atoms with Gasteiger partial charge in [-0.15, -0.1) is 0 Å². The maximum Gasteiger partial charge on any atom is 0.0274 e. The molecule has 2 aromatic rings. The second kappa shape index (κ2) is 6.36. The fourth-order valence-corrected chi connectivity index (χ4v) is 3.70. The van der Waals surface area contributed by atoms with Crippen LogP contribution < -0.4 is 0 Å². The lowest BCUT2D eigenvalue weighted by Gasteiger charge is -2.38. The molecule has 22 heavy (non-hydrogen) atoms. The van der Waals surface area contributed by atoms with Crippen LogP contribution in [0.4, 0.5) is 0 Å². The van der Waals surface area contributed by atoms with E-state index in [2.05, 4.69) is 92.7 Å². The molecule has 1 unspecified atom stereocenters. The Kier molecular flexibility index (Phi) is 4.29. The van der Waals surface area contributed by atoms with Crippen molar-refractivity contribution in [1.82, 2.24) is 0 Å². The van der Waals surface area contributed by atoms with Gasteiger partial charge in [0.25, 0.3) is 0 Å². The Morgan fingerprint density at radius 2 is 1.41 bits per heavy atom. The zero-order valence-electron chi connectivity index (χ0n) is 13.5. The van der Waals surface area contributed by atoms with Crippen LogP contribution in [0.15, 0.2) is 84.5 Å². The predicted molar refractivity (Wildman–Crippen MR) is 95.0 cm³/mol. The molecule has 0 aromatic heterocycles. The monoisotopic (exact) mass is 288 g/mol. The van der Waals surface area contributed by atoms with E-state index in [1.165, 1.54) is 24.0 Å². The smallest absolute Gasteiger partial charge is 0.0274 e. The molecule has 0 N–H and O–H groups in total. The van der Waals surface area contributed by atoms with Gasteiger partial charge in [-0.2, -0.15) is 0 Å². The molecule has 0 amide bonds. The minimum absolute atomic E-state index is 0.0173. The summed E-state index contributed by atoms with van der Waals surface area (Å²) in [7, 11) is 0. The van der Waals surface area contributed by atoms with Gasteiger partial charge in [-0.05, 0) is 17.5 Å². The zero-order chi connectivity index (χ0) is 15.4. The Bertz CT molecular complexity index is 622. The summed E-state index contributed by atoms with van der Waals surface area (Å²) in [5.41, 5.74) is 4.31. The maximum atomic E-state index is 2.39. The lowest BCUT2D eigenvalue weighted by Crippen LogP contribution is -2.33. The molecule has 1 aliphatic carbocycles. The van der Waals surface area contributed by atoms with Crippen molar-refractivity contribution in [3.05, 3.63) is 95.6 Å². The third-order valence-corrected chi connectivity index (χ3v) is 4.92. The first kappa shape index (κ1) is 14.8. The fraction of sp³-hybridized carbons (Fsp3) is 0.273. The minimum Gasteiger partial charge on any atom is -0.0761 e. The van der Waals surface area contributed by atoms with E-state index in [1.54, 1.807) is 5.57 Å². The summed E-state index contributed by atoms with van der Waals surface area (Å²) in [5, 5.41) is 0. The molecule has 0 fully saturated rings. The van der Waals surface area contributed by atoms with Gasteiger partial charge < -0.3 is 0 Å². The normalized spacial score (nSPS) is 17.5. The van der Waals surface area contributed by atoms with Crippen molar-refractivity contribution in [3.8, 4) is 0 Å². The molecule has 0 spiro atoms. The molecule has 2 aromatic carbocycles. The van der Waals surface area contributed by atoms with Crippen molar-refractivity contribution >= 4 is 0 Å². The van der Waals surface area contributed by atoms with Crippen LogP contribution >= 0.6 is 0 Å². The van der Waals surface area contributed by atoms with Gasteiger partial charge in [-0.1, -0.05) is 105 Å². The van der Waals surface area contributed by atoms with Crippen LogP contribution in [-0.4, -0.2) is 0 Å². The molecular weight excluding hydrogens is 264 g/mol. The van der Waals surface area contributed by atoms with Crippen LogP contribution in [0.25, 0.3) is 0 Å². The van der Waals surface area contributed by atoms with Crippen molar-refractivity contribution in [1.29, 1.82) is 0 Å². The van der Waals surface area contributed by atoms with Crippen molar-refractivity contribution < 1.29 is 0 Å². The highest BCUT2D eigenvalue weighted by Gasteiger charge is 2.38. The van der Waals surface area contributed by atoms with Crippen molar-refractivity contribution in [2.24, 2.45) is 5.92 Å². The van der Waals surface area contributed by atoms with E-state index < -0.39 is 0 Å². The third kappa shape index (κ3) is 2.54. The molecule has 1 aliphatic rings. The van der Waals surface area contributed by atoms with Gasteiger partial charge in [0.2, 0.25) is 0 Å². The van der Waals surface area contributed by atoms with Gasteiger partial charge in [0.15, 0.2) is 0 Å². The van der Waals surface area contributed by atoms with Crippen molar-refractivity contribution in [2.75, 3.05) is 0 Å². The molecular formula is C22H24. The summed E-state index contributed by atoms with van der Waals surface area (Å²) in [4.78, 5) is 0. The quantitative estimate of drug-likeness (QED) is 0.642. The molecule has 0 saturated carbocycles. The molecule has 0 saturated heterocycles. The number of rotatable bonds is 5. The van der Waals surface area contributed by atoms with Gasteiger partial charge in [-0.25, -0.2) is 0 Å². The van der Waals surface area contributed by atoms with Crippen LogP contribution in [0.3, 0.4) is 0 Å². The first-order valence-electron chi connectivity index (χ1n) is 8.25. The van der Waals surface area contributed by atoms with E-state index in [0.29, 0.717) is 5.92 Å². The number of benzene rings is 2. The SMILES string of the molecule is CCCC1=CC=CC1C(C)(c1ccccc1)c1ccccc1. The summed E-state index contributed by atoms with van der Waals surface area (Å²) in [6.45, 7) is 4.65. The summed E-state index contributed by atoms with van der Waals surface area (Å²) < 4.78 is 0. The van der Waals surface area contributed by atoms with Crippen molar-refractivity contribution in [2.45, 2.75) is 32.1 Å². The highest BCUT2D eigenvalue weighted by Crippen LogP contribution is 2.45. The largest absolute Gasteiger partial charge is 0.0761 e. The van der Waals surface area contributed by atoms with Gasteiger partial charge in [0, 0.05) is 11.3 Å². The molecule has 0 heterocycles. The average Bonchev–Trinajstić information content (AvgIpc) is 3.05. The number of hydrogen-bond donors (Lipinski definition) is 0. The lowest BCUT2D eigenvalue weighted by atomic mass is 9.65. The van der Waals surface area contributed by atoms with E-state index in [9.17, 15) is 0 Å². The molecule has 0 radical (unpaired) electrons. The summed E-state index contributed by atoms with van der Waals surface area (Å²) in [6, 6.07) is 21.9. The third-order valence-electron chi connectivity index (χ3n) is 4.92. The second-order valence-corrected chi connectivity index (χ2v) is 6.29. The Hall–Kier alpha value is -2.08. The highest BCUT2D eigenvalue weighted by atomic mass is 14.4. The van der Waals surface area contributed by atoms with Crippen molar-refractivity contribution in [3.63, 3.8) is 0 Å². The molecule has 1 atom stereocenters. The van der Waals surface area contributed by atoms with Crippen LogP contribution in [0.1, 0.15) is 37.8 Å². The van der Waals surface area contributed by atoms with E-state index in [-0.39, 0.29) is 5.41 Å². The molecule has 0 aliphatic heterocycles. The van der Waals surface area contributed by atoms with E-state index in [1.807, 2.05) is 0 Å². The topological polar surface area (TPSA) is 0 Å². The summed E-state index contributed by atoms with van der Waals surface area (Å²) in [5.74, 6) is 0.442.